The molecule has 2 aliphatic rings. The number of Topliss-reactive ketones (excluding diaryl/α,β-unsaturated/α-hetero) is 1. The average Bonchev–Trinajstić information content (AvgIpc) is 3.99. The Morgan fingerprint density at radius 3 is 2.12 bits per heavy atom. The maximum atomic E-state index is 14.3. The lowest BCUT2D eigenvalue weighted by Crippen LogP contribution is -2.54. The van der Waals surface area contributed by atoms with Crippen molar-refractivity contribution in [2.45, 2.75) is 137 Å². The van der Waals surface area contributed by atoms with Crippen LogP contribution < -0.4 is 15.4 Å². The number of ether oxygens (including phenoxy) is 2. The normalized spacial score (nSPS) is 17.5. The fraction of sp³-hybridized carbons (Fsp3) is 0.500. The second-order valence-electron chi connectivity index (χ2n) is 16.7. The third kappa shape index (κ3) is 9.26. The van der Waals surface area contributed by atoms with Crippen LogP contribution in [0.5, 0.6) is 5.75 Å². The van der Waals surface area contributed by atoms with Gasteiger partial charge < -0.3 is 20.1 Å². The number of carbonyl (C=O) groups is 5. The summed E-state index contributed by atoms with van der Waals surface area (Å²) in [5, 5.41) is 5.74. The van der Waals surface area contributed by atoms with E-state index in [9.17, 15) is 24.0 Å². The molecule has 1 saturated carbocycles. The molecule has 1 saturated heterocycles. The van der Waals surface area contributed by atoms with Crippen molar-refractivity contribution >= 4 is 52.5 Å². The second-order valence-corrected chi connectivity index (χ2v) is 17.1. The topological polar surface area (TPSA) is 134 Å². The lowest BCUT2D eigenvalue weighted by atomic mass is 9.76. The van der Waals surface area contributed by atoms with Crippen molar-refractivity contribution in [3.63, 3.8) is 0 Å². The number of hydrogen-bond acceptors (Lipinski definition) is 7. The zero-order valence-corrected chi connectivity index (χ0v) is 36.1. The van der Waals surface area contributed by atoms with Gasteiger partial charge in [-0.3, -0.25) is 24.1 Å². The van der Waals surface area contributed by atoms with Crippen molar-refractivity contribution in [3.05, 3.63) is 88.4 Å². The van der Waals surface area contributed by atoms with Crippen molar-refractivity contribution in [2.24, 2.45) is 5.41 Å². The highest BCUT2D eigenvalue weighted by molar-refractivity contribution is 6.34. The second kappa shape index (κ2) is 18.0. The number of benzene rings is 3. The molecule has 58 heavy (non-hydrogen) atoms. The van der Waals surface area contributed by atoms with Crippen molar-refractivity contribution in [1.82, 2.24) is 9.80 Å². The molecule has 0 radical (unpaired) electrons. The minimum atomic E-state index is -1.78. The highest BCUT2D eigenvalue weighted by Gasteiger charge is 2.59. The summed E-state index contributed by atoms with van der Waals surface area (Å²) >= 11 is 6.60. The molecular weight excluding hydrogens is 756 g/mol. The van der Waals surface area contributed by atoms with Crippen LogP contribution >= 0.6 is 11.6 Å². The Bertz CT molecular complexity index is 2010. The van der Waals surface area contributed by atoms with Crippen molar-refractivity contribution in [3.8, 4) is 5.75 Å². The van der Waals surface area contributed by atoms with Crippen LogP contribution in [-0.2, 0) is 41.3 Å². The molecular formula is C46H59ClN4O7. The van der Waals surface area contributed by atoms with Gasteiger partial charge in [-0.25, -0.2) is 9.69 Å². The average molecular weight is 815 g/mol. The standard InChI is InChI=1S/C46H59ClN4O7/c1-10-35(58-36-23-20-30(44(6,7)11-2)26-32(36)45(8,9)12-3)39(53)48-31-21-22-33(47)34(27-31)49-40(54)37(38(52)46(13-4)24-25-46)51-41(55)42(57-14-5)50(43(51)56)28-29-18-16-15-17-19-29/h15-23,26-27,35,37,42H,10-14,24-25,28H2,1-9H3,(H,48,53)(H,49,54). The molecule has 3 atom stereocenters. The third-order valence-corrected chi connectivity index (χ3v) is 12.5. The molecule has 312 valence electrons. The summed E-state index contributed by atoms with van der Waals surface area (Å²) in [7, 11) is 0. The van der Waals surface area contributed by atoms with Gasteiger partial charge in [0, 0.05) is 23.3 Å². The number of anilines is 2. The number of ketones is 1. The minimum Gasteiger partial charge on any atom is -0.480 e. The van der Waals surface area contributed by atoms with Crippen LogP contribution in [0, 0.1) is 5.41 Å². The number of imide groups is 1. The summed E-state index contributed by atoms with van der Waals surface area (Å²) in [5.41, 5.74) is 2.29. The van der Waals surface area contributed by atoms with Crippen molar-refractivity contribution in [1.29, 1.82) is 0 Å². The first-order chi connectivity index (χ1) is 27.5. The van der Waals surface area contributed by atoms with E-state index in [1.54, 1.807) is 13.0 Å². The Hall–Kier alpha value is -4.74. The molecule has 2 fully saturated rings. The van der Waals surface area contributed by atoms with E-state index < -0.39 is 53.3 Å². The first-order valence-electron chi connectivity index (χ1n) is 20.5. The molecule has 0 aromatic heterocycles. The molecule has 12 heteroatoms. The molecule has 3 unspecified atom stereocenters. The number of nitrogens with one attached hydrogen (secondary N) is 2. The van der Waals surface area contributed by atoms with Gasteiger partial charge in [-0.15, -0.1) is 0 Å². The maximum absolute atomic E-state index is 14.3. The van der Waals surface area contributed by atoms with Crippen LogP contribution in [0.2, 0.25) is 5.02 Å². The fourth-order valence-corrected chi connectivity index (χ4v) is 7.38. The minimum absolute atomic E-state index is 0.0306. The quantitative estimate of drug-likeness (QED) is 0.0910. The van der Waals surface area contributed by atoms with E-state index in [1.165, 1.54) is 22.6 Å². The molecule has 1 heterocycles. The highest BCUT2D eigenvalue weighted by atomic mass is 35.5. The Balaban J connectivity index is 1.40. The number of nitrogens with zero attached hydrogens (tertiary/aromatic N) is 2. The molecule has 2 N–H and O–H groups in total. The van der Waals surface area contributed by atoms with Crippen LogP contribution in [0.3, 0.4) is 0 Å². The van der Waals surface area contributed by atoms with Gasteiger partial charge in [0.15, 0.2) is 17.9 Å². The van der Waals surface area contributed by atoms with Crippen LogP contribution in [0.4, 0.5) is 16.2 Å². The zero-order chi connectivity index (χ0) is 42.6. The Morgan fingerprint density at radius 2 is 1.53 bits per heavy atom. The molecule has 0 spiro atoms. The summed E-state index contributed by atoms with van der Waals surface area (Å²) in [6.07, 6.45) is 1.55. The van der Waals surface area contributed by atoms with E-state index >= 15 is 0 Å². The zero-order valence-electron chi connectivity index (χ0n) is 35.4. The molecule has 5 rings (SSSR count). The van der Waals surface area contributed by atoms with Crippen LogP contribution in [0.1, 0.15) is 118 Å². The van der Waals surface area contributed by atoms with Crippen LogP contribution in [0.25, 0.3) is 0 Å². The smallest absolute Gasteiger partial charge is 0.330 e. The summed E-state index contributed by atoms with van der Waals surface area (Å²) in [4.78, 5) is 72.5. The molecule has 1 aliphatic heterocycles. The van der Waals surface area contributed by atoms with Gasteiger partial charge in [0.2, 0.25) is 6.23 Å². The number of urea groups is 1. The molecule has 5 amide bonds. The number of carbonyl (C=O) groups excluding carboxylic acids is 5. The van der Waals surface area contributed by atoms with Crippen LogP contribution in [-0.4, -0.2) is 64.3 Å². The lowest BCUT2D eigenvalue weighted by molar-refractivity contribution is -0.149. The number of halogens is 1. The van der Waals surface area contributed by atoms with E-state index in [2.05, 4.69) is 64.3 Å². The van der Waals surface area contributed by atoms with Crippen LogP contribution in [0.15, 0.2) is 66.7 Å². The Labute approximate surface area is 348 Å². The summed E-state index contributed by atoms with van der Waals surface area (Å²) in [6.45, 7) is 18.6. The SMILES string of the molecule is CCOC1C(=O)N(C(C(=O)Nc2cc(NC(=O)C(CC)Oc3ccc(C(C)(C)CC)cc3C(C)(C)CC)ccc2Cl)C(=O)C2(CC)CC2)C(=O)N1Cc1ccccc1. The molecule has 0 bridgehead atoms. The monoisotopic (exact) mass is 814 g/mol. The molecule has 3 aromatic carbocycles. The van der Waals surface area contributed by atoms with Gasteiger partial charge in [0.25, 0.3) is 17.7 Å². The van der Waals surface area contributed by atoms with Gasteiger partial charge in [0.05, 0.1) is 17.3 Å². The third-order valence-electron chi connectivity index (χ3n) is 12.2. The van der Waals surface area contributed by atoms with E-state index in [4.69, 9.17) is 21.1 Å². The largest absolute Gasteiger partial charge is 0.480 e. The van der Waals surface area contributed by atoms with E-state index in [0.717, 1.165) is 28.9 Å². The summed E-state index contributed by atoms with van der Waals surface area (Å²) in [6, 6.07) is 17.3. The van der Waals surface area contributed by atoms with Gasteiger partial charge in [-0.05, 0) is 91.7 Å². The van der Waals surface area contributed by atoms with E-state index in [0.29, 0.717) is 37.1 Å². The predicted octanol–water partition coefficient (Wildman–Crippen LogP) is 9.40. The van der Waals surface area contributed by atoms with Gasteiger partial charge in [0.1, 0.15) is 5.75 Å². The predicted molar refractivity (Wildman–Crippen MR) is 227 cm³/mol. The fourth-order valence-electron chi connectivity index (χ4n) is 7.22. The first-order valence-corrected chi connectivity index (χ1v) is 20.9. The number of amides is 5. The molecule has 3 aromatic rings. The lowest BCUT2D eigenvalue weighted by Gasteiger charge is -2.31. The Morgan fingerprint density at radius 1 is 0.862 bits per heavy atom. The van der Waals surface area contributed by atoms with Crippen molar-refractivity contribution < 1.29 is 33.4 Å². The molecule has 11 nitrogen and oxygen atoms in total. The van der Waals surface area contributed by atoms with Gasteiger partial charge in [-0.2, -0.15) is 0 Å². The highest BCUT2D eigenvalue weighted by Crippen LogP contribution is 2.51. The maximum Gasteiger partial charge on any atom is 0.330 e. The number of hydrogen-bond donors (Lipinski definition) is 2. The Kier molecular flexibility index (Phi) is 13.8. The summed E-state index contributed by atoms with van der Waals surface area (Å²) < 4.78 is 12.2. The van der Waals surface area contributed by atoms with E-state index in [1.807, 2.05) is 50.2 Å². The van der Waals surface area contributed by atoms with E-state index in [-0.39, 0.29) is 34.7 Å². The van der Waals surface area contributed by atoms with Gasteiger partial charge >= 0.3 is 6.03 Å². The first kappa shape index (κ1) is 44.4. The number of rotatable bonds is 19. The van der Waals surface area contributed by atoms with Gasteiger partial charge in [-0.1, -0.05) is 109 Å². The van der Waals surface area contributed by atoms with Crippen molar-refractivity contribution in [2.75, 3.05) is 17.2 Å². The summed E-state index contributed by atoms with van der Waals surface area (Å²) in [5.74, 6) is -1.98. The molecule has 1 aliphatic carbocycles.